The molecule has 1 heterocycles. The van der Waals surface area contributed by atoms with Crippen LogP contribution in [0.3, 0.4) is 0 Å². The first kappa shape index (κ1) is 11.9. The van der Waals surface area contributed by atoms with E-state index < -0.39 is 11.5 Å². The molecule has 0 saturated carbocycles. The Bertz CT molecular complexity index is 629. The monoisotopic (exact) mass is 244 g/mol. The number of anilines is 1. The zero-order valence-electron chi connectivity index (χ0n) is 9.73. The summed E-state index contributed by atoms with van der Waals surface area (Å²) in [5.41, 5.74) is 1.30. The summed E-state index contributed by atoms with van der Waals surface area (Å²) in [5.74, 6) is -0.781. The molecule has 18 heavy (non-hydrogen) atoms. The Labute approximate surface area is 103 Å². The molecule has 2 aromatic rings. The lowest BCUT2D eigenvalue weighted by Crippen LogP contribution is -2.15. The van der Waals surface area contributed by atoms with Crippen molar-refractivity contribution in [1.82, 2.24) is 4.98 Å². The quantitative estimate of drug-likeness (QED) is 0.751. The Balaban J connectivity index is 2.21. The van der Waals surface area contributed by atoms with Gasteiger partial charge in [0.05, 0.1) is 5.56 Å². The Hall–Kier alpha value is -2.56. The molecule has 1 aromatic heterocycles. The van der Waals surface area contributed by atoms with Crippen LogP contribution in [-0.2, 0) is 0 Å². The van der Waals surface area contributed by atoms with E-state index in [0.29, 0.717) is 5.69 Å². The molecule has 0 aliphatic heterocycles. The van der Waals surface area contributed by atoms with Crippen molar-refractivity contribution < 1.29 is 9.90 Å². The molecule has 0 saturated heterocycles. The third-order valence-electron chi connectivity index (χ3n) is 2.40. The number of aromatic nitrogens is 1. The van der Waals surface area contributed by atoms with Gasteiger partial charge in [-0.1, -0.05) is 17.7 Å². The van der Waals surface area contributed by atoms with Gasteiger partial charge in [0.2, 0.25) is 0 Å². The van der Waals surface area contributed by atoms with Gasteiger partial charge in [-0.25, -0.2) is 0 Å². The summed E-state index contributed by atoms with van der Waals surface area (Å²) in [6.07, 6.45) is 0. The highest BCUT2D eigenvalue weighted by Crippen LogP contribution is 2.11. The second kappa shape index (κ2) is 4.75. The highest BCUT2D eigenvalue weighted by atomic mass is 16.3. The Morgan fingerprint density at radius 2 is 1.89 bits per heavy atom. The lowest BCUT2D eigenvalue weighted by molar-refractivity contribution is 0.102. The first-order valence-electron chi connectivity index (χ1n) is 5.36. The van der Waals surface area contributed by atoms with Crippen LogP contribution in [0.5, 0.6) is 5.88 Å². The van der Waals surface area contributed by atoms with Crippen molar-refractivity contribution in [2.45, 2.75) is 6.92 Å². The number of aryl methyl sites for hydroxylation is 1. The number of hydrogen-bond acceptors (Lipinski definition) is 3. The number of rotatable bonds is 2. The van der Waals surface area contributed by atoms with Crippen LogP contribution in [-0.4, -0.2) is 16.0 Å². The van der Waals surface area contributed by atoms with Crippen LogP contribution in [0, 0.1) is 6.92 Å². The summed E-state index contributed by atoms with van der Waals surface area (Å²) < 4.78 is 0. The number of benzene rings is 1. The standard InChI is InChI=1S/C13H12N2O3/c1-8-2-4-10(5-3-8)14-13(18)9-6-11(16)15-12(17)7-9/h2-7H,1H3,(H,14,18)(H2,15,16,17). The zero-order chi connectivity index (χ0) is 13.1. The zero-order valence-corrected chi connectivity index (χ0v) is 9.73. The Morgan fingerprint density at radius 1 is 1.22 bits per heavy atom. The number of aromatic amines is 1. The molecule has 3 N–H and O–H groups in total. The normalized spacial score (nSPS) is 10.1. The second-order valence-corrected chi connectivity index (χ2v) is 3.94. The molecule has 5 nitrogen and oxygen atoms in total. The summed E-state index contributed by atoms with van der Waals surface area (Å²) in [6.45, 7) is 1.94. The Kier molecular flexibility index (Phi) is 3.14. The third-order valence-corrected chi connectivity index (χ3v) is 2.40. The fourth-order valence-electron chi connectivity index (χ4n) is 1.50. The SMILES string of the molecule is Cc1ccc(NC(=O)c2cc(O)[nH]c(=O)c2)cc1. The first-order chi connectivity index (χ1) is 8.54. The number of nitrogens with one attached hydrogen (secondary N) is 2. The topological polar surface area (TPSA) is 82.2 Å². The minimum absolute atomic E-state index is 0.108. The molecular formula is C13H12N2O3. The van der Waals surface area contributed by atoms with Crippen LogP contribution in [0.15, 0.2) is 41.2 Å². The van der Waals surface area contributed by atoms with Crippen LogP contribution in [0.2, 0.25) is 0 Å². The van der Waals surface area contributed by atoms with Gasteiger partial charge in [0.1, 0.15) is 0 Å². The van der Waals surface area contributed by atoms with E-state index >= 15 is 0 Å². The van der Waals surface area contributed by atoms with Gasteiger partial charge in [-0.05, 0) is 19.1 Å². The molecule has 0 unspecified atom stereocenters. The van der Waals surface area contributed by atoms with Crippen molar-refractivity contribution >= 4 is 11.6 Å². The van der Waals surface area contributed by atoms with Crippen molar-refractivity contribution in [1.29, 1.82) is 0 Å². The van der Waals surface area contributed by atoms with Crippen molar-refractivity contribution in [3.63, 3.8) is 0 Å². The minimum Gasteiger partial charge on any atom is -0.494 e. The summed E-state index contributed by atoms with van der Waals surface area (Å²) >= 11 is 0. The predicted molar refractivity (Wildman–Crippen MR) is 67.9 cm³/mol. The molecule has 0 atom stereocenters. The van der Waals surface area contributed by atoms with Gasteiger partial charge in [-0.2, -0.15) is 0 Å². The molecule has 0 radical (unpaired) electrons. The number of amides is 1. The number of carbonyl (C=O) groups is 1. The largest absolute Gasteiger partial charge is 0.494 e. The van der Waals surface area contributed by atoms with Crippen LogP contribution in [0.1, 0.15) is 15.9 Å². The van der Waals surface area contributed by atoms with E-state index in [9.17, 15) is 14.7 Å². The summed E-state index contributed by atoms with van der Waals surface area (Å²) in [6, 6.07) is 9.59. The van der Waals surface area contributed by atoms with E-state index in [1.807, 2.05) is 19.1 Å². The van der Waals surface area contributed by atoms with E-state index in [1.165, 1.54) is 6.07 Å². The molecule has 0 bridgehead atoms. The van der Waals surface area contributed by atoms with Crippen molar-refractivity contribution in [3.8, 4) is 5.88 Å². The van der Waals surface area contributed by atoms with Gasteiger partial charge in [0.15, 0.2) is 5.88 Å². The molecule has 2 rings (SSSR count). The highest BCUT2D eigenvalue weighted by Gasteiger charge is 2.08. The van der Waals surface area contributed by atoms with Gasteiger partial charge in [0, 0.05) is 17.8 Å². The fraction of sp³-hybridized carbons (Fsp3) is 0.0769. The molecule has 0 aliphatic rings. The van der Waals surface area contributed by atoms with E-state index in [4.69, 9.17) is 0 Å². The number of aromatic hydroxyl groups is 1. The smallest absolute Gasteiger partial charge is 0.256 e. The van der Waals surface area contributed by atoms with E-state index in [0.717, 1.165) is 11.6 Å². The van der Waals surface area contributed by atoms with Crippen molar-refractivity contribution in [2.75, 3.05) is 5.32 Å². The maximum absolute atomic E-state index is 11.8. The molecule has 0 spiro atoms. The Morgan fingerprint density at radius 3 is 2.50 bits per heavy atom. The van der Waals surface area contributed by atoms with Crippen LogP contribution < -0.4 is 10.9 Å². The third kappa shape index (κ3) is 2.76. The predicted octanol–water partition coefficient (Wildman–Crippen LogP) is 1.64. The maximum atomic E-state index is 11.8. The van der Waals surface area contributed by atoms with Gasteiger partial charge in [-0.3, -0.25) is 14.6 Å². The number of H-pyrrole nitrogens is 1. The summed E-state index contributed by atoms with van der Waals surface area (Å²) in [7, 11) is 0. The lowest BCUT2D eigenvalue weighted by Gasteiger charge is -2.05. The average molecular weight is 244 g/mol. The molecule has 0 fully saturated rings. The summed E-state index contributed by atoms with van der Waals surface area (Å²) in [4.78, 5) is 25.1. The minimum atomic E-state index is -0.524. The van der Waals surface area contributed by atoms with E-state index in [2.05, 4.69) is 10.3 Å². The van der Waals surface area contributed by atoms with E-state index in [1.54, 1.807) is 12.1 Å². The van der Waals surface area contributed by atoms with Gasteiger partial charge in [0.25, 0.3) is 11.5 Å². The van der Waals surface area contributed by atoms with Crippen LogP contribution in [0.4, 0.5) is 5.69 Å². The van der Waals surface area contributed by atoms with E-state index in [-0.39, 0.29) is 11.4 Å². The number of hydrogen-bond donors (Lipinski definition) is 3. The molecule has 0 aliphatic carbocycles. The van der Waals surface area contributed by atoms with Gasteiger partial charge >= 0.3 is 0 Å². The molecule has 1 aromatic carbocycles. The average Bonchev–Trinajstić information content (AvgIpc) is 2.31. The highest BCUT2D eigenvalue weighted by molar-refractivity contribution is 6.04. The maximum Gasteiger partial charge on any atom is 0.256 e. The van der Waals surface area contributed by atoms with Crippen molar-refractivity contribution in [2.24, 2.45) is 0 Å². The summed E-state index contributed by atoms with van der Waals surface area (Å²) in [5, 5.41) is 11.8. The second-order valence-electron chi connectivity index (χ2n) is 3.94. The number of pyridine rings is 1. The molecule has 5 heteroatoms. The van der Waals surface area contributed by atoms with Crippen LogP contribution >= 0.6 is 0 Å². The molecule has 92 valence electrons. The molecule has 1 amide bonds. The first-order valence-corrected chi connectivity index (χ1v) is 5.36. The van der Waals surface area contributed by atoms with Gasteiger partial charge in [-0.15, -0.1) is 0 Å². The molecular weight excluding hydrogens is 232 g/mol. The lowest BCUT2D eigenvalue weighted by atomic mass is 10.2. The van der Waals surface area contributed by atoms with Crippen LogP contribution in [0.25, 0.3) is 0 Å². The number of carbonyl (C=O) groups excluding carboxylic acids is 1. The van der Waals surface area contributed by atoms with Gasteiger partial charge < -0.3 is 10.4 Å². The van der Waals surface area contributed by atoms with Crippen molar-refractivity contribution in [3.05, 3.63) is 57.9 Å². The fourth-order valence-corrected chi connectivity index (χ4v) is 1.50.